The Morgan fingerprint density at radius 1 is 0.553 bits per heavy atom. The maximum absolute atomic E-state index is 4.86. The van der Waals surface area contributed by atoms with E-state index in [0.29, 0.717) is 0 Å². The van der Waals surface area contributed by atoms with Crippen LogP contribution in [0.4, 0.5) is 0 Å². The van der Waals surface area contributed by atoms with E-state index >= 15 is 0 Å². The lowest BCUT2D eigenvalue weighted by molar-refractivity contribution is -0.189. The van der Waals surface area contributed by atoms with Gasteiger partial charge in [0.15, 0.2) is 0 Å². The average molecular weight is 525 g/mol. The Morgan fingerprint density at radius 2 is 1.08 bits per heavy atom. The van der Waals surface area contributed by atoms with Crippen LogP contribution in [0, 0.1) is 66.1 Å². The molecule has 0 bridgehead atoms. The van der Waals surface area contributed by atoms with Crippen molar-refractivity contribution < 1.29 is 0 Å². The summed E-state index contributed by atoms with van der Waals surface area (Å²) in [5.41, 5.74) is 5.77. The Morgan fingerprint density at radius 3 is 1.68 bits per heavy atom. The molecule has 1 heteroatoms. The molecule has 6 aliphatic carbocycles. The van der Waals surface area contributed by atoms with Crippen LogP contribution in [0.3, 0.4) is 0 Å². The fourth-order valence-electron chi connectivity index (χ4n) is 12.4. The van der Waals surface area contributed by atoms with Gasteiger partial charge >= 0.3 is 0 Å². The number of hydrogen-bond acceptors (Lipinski definition) is 1. The van der Waals surface area contributed by atoms with E-state index in [-0.39, 0.29) is 0 Å². The van der Waals surface area contributed by atoms with Gasteiger partial charge in [-0.3, -0.25) is 0 Å². The molecule has 0 aromatic heterocycles. The summed E-state index contributed by atoms with van der Waals surface area (Å²) in [4.78, 5) is 1.11. The minimum Gasteiger partial charge on any atom is -0.143 e. The van der Waals surface area contributed by atoms with Crippen molar-refractivity contribution in [1.82, 2.24) is 0 Å². The average Bonchev–Trinajstić information content (AvgIpc) is 2.97. The van der Waals surface area contributed by atoms with E-state index < -0.39 is 0 Å². The van der Waals surface area contributed by atoms with Crippen molar-refractivity contribution in [3.8, 4) is 11.1 Å². The van der Waals surface area contributed by atoms with Crippen LogP contribution in [0.1, 0.15) is 101 Å². The van der Waals surface area contributed by atoms with Crippen LogP contribution in [0.2, 0.25) is 0 Å². The SMILES string of the molecule is Cc1ccc(C2CC3C4CCCCC4C4CCCC5C6CCCCC6C(C2)C3C45)cc1-c1ccccc1S. The third-order valence-electron chi connectivity index (χ3n) is 13.5. The largest absolute Gasteiger partial charge is 0.143 e. The highest BCUT2D eigenvalue weighted by atomic mass is 32.1. The van der Waals surface area contributed by atoms with Gasteiger partial charge in [-0.25, -0.2) is 0 Å². The standard InChI is InChI=1S/C37H48S/c1-22-17-18-23(19-32(22)29-13-6-7-16-35(29)38)24-20-33-27-11-4-2-9-25(27)30-14-8-15-31-26-10-3-5-12-28(26)34(21-24)37(33)36(30)31/h6-7,13,16-19,24-28,30-31,33-34,36-38H,2-5,8-12,14-15,20-21H2,1H3. The second-order valence-electron chi connectivity index (χ2n) is 14.7. The molecule has 0 radical (unpaired) electrons. The van der Waals surface area contributed by atoms with Crippen molar-refractivity contribution >= 4 is 12.6 Å². The summed E-state index contributed by atoms with van der Waals surface area (Å²) in [5, 5.41) is 0. The lowest BCUT2D eigenvalue weighted by Gasteiger charge is -2.68. The molecule has 0 spiro atoms. The van der Waals surface area contributed by atoms with Crippen molar-refractivity contribution in [2.75, 3.05) is 0 Å². The van der Waals surface area contributed by atoms with Crippen LogP contribution in [0.25, 0.3) is 11.1 Å². The number of rotatable bonds is 2. The molecule has 0 saturated heterocycles. The van der Waals surface area contributed by atoms with Gasteiger partial charge in [-0.15, -0.1) is 12.6 Å². The summed E-state index contributed by atoms with van der Waals surface area (Å²) >= 11 is 4.86. The highest BCUT2D eigenvalue weighted by Gasteiger charge is 2.62. The molecule has 0 heterocycles. The van der Waals surface area contributed by atoms with Crippen LogP contribution in [-0.2, 0) is 0 Å². The van der Waals surface area contributed by atoms with Crippen LogP contribution < -0.4 is 0 Å². The zero-order chi connectivity index (χ0) is 25.4. The van der Waals surface area contributed by atoms with Crippen molar-refractivity contribution in [2.24, 2.45) is 59.2 Å². The molecule has 6 aliphatic rings. The molecule has 2 aromatic rings. The molecular formula is C37H48S. The molecule has 0 N–H and O–H groups in total. The Labute approximate surface area is 237 Å². The predicted molar refractivity (Wildman–Crippen MR) is 162 cm³/mol. The maximum atomic E-state index is 4.86. The first-order chi connectivity index (χ1) is 18.7. The molecule has 2 aromatic carbocycles. The molecule has 0 aliphatic heterocycles. The first-order valence-electron chi connectivity index (χ1n) is 16.6. The number of thiol groups is 1. The second kappa shape index (κ2) is 9.71. The molecular weight excluding hydrogens is 476 g/mol. The first-order valence-corrected chi connectivity index (χ1v) is 17.0. The monoisotopic (exact) mass is 524 g/mol. The van der Waals surface area contributed by atoms with E-state index in [2.05, 4.69) is 49.4 Å². The Balaban J connectivity index is 1.20. The van der Waals surface area contributed by atoms with Crippen LogP contribution in [-0.4, -0.2) is 0 Å². The van der Waals surface area contributed by atoms with E-state index in [9.17, 15) is 0 Å². The molecule has 0 nitrogen and oxygen atoms in total. The van der Waals surface area contributed by atoms with E-state index in [4.69, 9.17) is 12.6 Å². The minimum absolute atomic E-state index is 0.759. The topological polar surface area (TPSA) is 0 Å². The third-order valence-corrected chi connectivity index (χ3v) is 13.9. The van der Waals surface area contributed by atoms with E-state index in [1.54, 1.807) is 50.5 Å². The van der Waals surface area contributed by atoms with Gasteiger partial charge in [0, 0.05) is 4.90 Å². The van der Waals surface area contributed by atoms with Gasteiger partial charge in [0.05, 0.1) is 0 Å². The van der Waals surface area contributed by atoms with Crippen molar-refractivity contribution in [3.63, 3.8) is 0 Å². The summed E-state index contributed by atoms with van der Waals surface area (Å²) in [6.45, 7) is 2.29. The molecule has 6 saturated carbocycles. The van der Waals surface area contributed by atoms with Crippen LogP contribution in [0.5, 0.6) is 0 Å². The fourth-order valence-corrected chi connectivity index (χ4v) is 12.7. The quantitative estimate of drug-likeness (QED) is 0.371. The molecule has 38 heavy (non-hydrogen) atoms. The van der Waals surface area contributed by atoms with Crippen LogP contribution >= 0.6 is 12.6 Å². The predicted octanol–water partition coefficient (Wildman–Crippen LogP) is 10.3. The molecule has 8 atom stereocenters. The van der Waals surface area contributed by atoms with Gasteiger partial charge in [0.2, 0.25) is 0 Å². The Kier molecular flexibility index (Phi) is 6.28. The summed E-state index contributed by atoms with van der Waals surface area (Å²) in [6.07, 6.45) is 20.0. The van der Waals surface area contributed by atoms with E-state index in [1.165, 1.54) is 55.2 Å². The van der Waals surface area contributed by atoms with Crippen LogP contribution in [0.15, 0.2) is 47.4 Å². The van der Waals surface area contributed by atoms with Gasteiger partial charge in [0.25, 0.3) is 0 Å². The number of benzene rings is 2. The van der Waals surface area contributed by atoms with Gasteiger partial charge in [-0.05, 0) is 152 Å². The lowest BCUT2D eigenvalue weighted by Crippen LogP contribution is -2.61. The maximum Gasteiger partial charge on any atom is 0.0119 e. The lowest BCUT2D eigenvalue weighted by atomic mass is 9.37. The highest BCUT2D eigenvalue weighted by molar-refractivity contribution is 7.80. The number of hydrogen-bond donors (Lipinski definition) is 1. The van der Waals surface area contributed by atoms with Gasteiger partial charge in [-0.1, -0.05) is 68.5 Å². The molecule has 8 rings (SSSR count). The number of aryl methyl sites for hydroxylation is 1. The normalized spacial score (nSPS) is 43.5. The van der Waals surface area contributed by atoms with Gasteiger partial charge in [0.1, 0.15) is 0 Å². The third kappa shape index (κ3) is 3.76. The van der Waals surface area contributed by atoms with Gasteiger partial charge in [-0.2, -0.15) is 0 Å². The second-order valence-corrected chi connectivity index (χ2v) is 15.2. The zero-order valence-corrected chi connectivity index (χ0v) is 24.4. The van der Waals surface area contributed by atoms with Crippen molar-refractivity contribution in [3.05, 3.63) is 53.6 Å². The first kappa shape index (κ1) is 24.6. The van der Waals surface area contributed by atoms with E-state index in [0.717, 1.165) is 70.0 Å². The van der Waals surface area contributed by atoms with E-state index in [1.807, 2.05) is 0 Å². The summed E-state index contributed by atoms with van der Waals surface area (Å²) in [5.74, 6) is 11.4. The Hall–Kier alpha value is -1.21. The Bertz CT molecular complexity index is 1140. The summed E-state index contributed by atoms with van der Waals surface area (Å²) < 4.78 is 0. The van der Waals surface area contributed by atoms with Crippen molar-refractivity contribution in [2.45, 2.75) is 101 Å². The summed E-state index contributed by atoms with van der Waals surface area (Å²) in [6, 6.07) is 16.3. The molecule has 202 valence electrons. The summed E-state index contributed by atoms with van der Waals surface area (Å²) in [7, 11) is 0. The highest BCUT2D eigenvalue weighted by Crippen LogP contribution is 2.70. The zero-order valence-electron chi connectivity index (χ0n) is 23.5. The smallest absolute Gasteiger partial charge is 0.0119 e. The molecule has 8 unspecified atom stereocenters. The number of fused-ring (bicyclic) bond motifs is 6. The molecule has 0 amide bonds. The minimum atomic E-state index is 0.759. The van der Waals surface area contributed by atoms with Crippen molar-refractivity contribution in [1.29, 1.82) is 0 Å². The molecule has 6 fully saturated rings. The van der Waals surface area contributed by atoms with Gasteiger partial charge < -0.3 is 0 Å². The fraction of sp³-hybridized carbons (Fsp3) is 0.676.